The highest BCUT2D eigenvalue weighted by molar-refractivity contribution is 5.55. The average Bonchev–Trinajstić information content (AvgIpc) is 2.19. The molecule has 0 bridgehead atoms. The fourth-order valence-corrected chi connectivity index (χ4v) is 1.25. The lowest BCUT2D eigenvalue weighted by Gasteiger charge is -2.10. The number of nitrogens with one attached hydrogen (secondary N) is 1. The summed E-state index contributed by atoms with van der Waals surface area (Å²) >= 11 is 0. The molecule has 0 radical (unpaired) electrons. The number of ether oxygens (including phenoxy) is 1. The summed E-state index contributed by atoms with van der Waals surface area (Å²) < 4.78 is 5.21. The minimum absolute atomic E-state index is 0.812. The van der Waals surface area contributed by atoms with Gasteiger partial charge in [0.25, 0.3) is 0 Å². The molecular weight excluding hydrogens is 176 g/mol. The van der Waals surface area contributed by atoms with Gasteiger partial charge in [-0.05, 0) is 19.4 Å². The van der Waals surface area contributed by atoms with Gasteiger partial charge >= 0.3 is 0 Å². The van der Waals surface area contributed by atoms with Gasteiger partial charge in [-0.1, -0.05) is 13.3 Å². The van der Waals surface area contributed by atoms with E-state index in [1.165, 1.54) is 12.8 Å². The van der Waals surface area contributed by atoms with Gasteiger partial charge in [-0.15, -0.1) is 0 Å². The molecule has 0 aliphatic carbocycles. The predicted molar refractivity (Wildman–Crippen MR) is 58.9 cm³/mol. The number of anilines is 1. The van der Waals surface area contributed by atoms with Crippen LogP contribution in [0.3, 0.4) is 0 Å². The summed E-state index contributed by atoms with van der Waals surface area (Å²) in [5.41, 5.74) is 2.04. The number of methoxy groups -OCH3 is 1. The van der Waals surface area contributed by atoms with Crippen LogP contribution in [-0.2, 0) is 0 Å². The van der Waals surface area contributed by atoms with Gasteiger partial charge in [-0.3, -0.25) is 4.98 Å². The second-order valence-corrected chi connectivity index (χ2v) is 3.31. The summed E-state index contributed by atoms with van der Waals surface area (Å²) in [6.07, 6.45) is 4.12. The van der Waals surface area contributed by atoms with E-state index in [9.17, 15) is 0 Å². The molecule has 0 saturated carbocycles. The first-order chi connectivity index (χ1) is 6.77. The molecule has 1 rings (SSSR count). The maximum absolute atomic E-state index is 5.21. The number of pyridine rings is 1. The number of hydrogen-bond donors (Lipinski definition) is 1. The summed E-state index contributed by atoms with van der Waals surface area (Å²) in [5.74, 6) is 0.812. The Labute approximate surface area is 85.5 Å². The van der Waals surface area contributed by atoms with Crippen LogP contribution in [-0.4, -0.2) is 18.6 Å². The van der Waals surface area contributed by atoms with Crippen molar-refractivity contribution in [3.8, 4) is 5.75 Å². The van der Waals surface area contributed by atoms with E-state index >= 15 is 0 Å². The minimum atomic E-state index is 0.812. The maximum atomic E-state index is 5.21. The van der Waals surface area contributed by atoms with E-state index in [4.69, 9.17) is 4.74 Å². The Morgan fingerprint density at radius 2 is 2.29 bits per heavy atom. The second-order valence-electron chi connectivity index (χ2n) is 3.31. The van der Waals surface area contributed by atoms with Crippen molar-refractivity contribution in [2.45, 2.75) is 26.7 Å². The summed E-state index contributed by atoms with van der Waals surface area (Å²) in [7, 11) is 1.66. The van der Waals surface area contributed by atoms with Gasteiger partial charge in [0.15, 0.2) is 5.75 Å². The molecule has 1 heterocycles. The van der Waals surface area contributed by atoms with Crippen molar-refractivity contribution in [1.82, 2.24) is 4.98 Å². The Bertz CT molecular complexity index is 287. The van der Waals surface area contributed by atoms with Crippen molar-refractivity contribution in [3.63, 3.8) is 0 Å². The Morgan fingerprint density at radius 3 is 2.93 bits per heavy atom. The third-order valence-electron chi connectivity index (χ3n) is 2.07. The zero-order chi connectivity index (χ0) is 10.4. The fraction of sp³-hybridized carbons (Fsp3) is 0.545. The van der Waals surface area contributed by atoms with Crippen LogP contribution in [0.4, 0.5) is 5.69 Å². The Balaban J connectivity index is 2.67. The normalized spacial score (nSPS) is 9.93. The quantitative estimate of drug-likeness (QED) is 0.732. The lowest BCUT2D eigenvalue weighted by atomic mass is 10.3. The monoisotopic (exact) mass is 194 g/mol. The van der Waals surface area contributed by atoms with Gasteiger partial charge in [0, 0.05) is 12.2 Å². The molecule has 0 aliphatic rings. The molecule has 0 aliphatic heterocycles. The first-order valence-electron chi connectivity index (χ1n) is 5.02. The first-order valence-corrected chi connectivity index (χ1v) is 5.02. The molecule has 0 atom stereocenters. The number of rotatable bonds is 5. The van der Waals surface area contributed by atoms with Crippen LogP contribution in [0.5, 0.6) is 5.75 Å². The number of aryl methyl sites for hydroxylation is 1. The van der Waals surface area contributed by atoms with Crippen LogP contribution >= 0.6 is 0 Å². The van der Waals surface area contributed by atoms with Gasteiger partial charge in [0.05, 0.1) is 19.0 Å². The molecule has 1 aromatic rings. The molecule has 3 heteroatoms. The molecule has 0 amide bonds. The van der Waals surface area contributed by atoms with E-state index in [0.29, 0.717) is 0 Å². The van der Waals surface area contributed by atoms with Gasteiger partial charge in [-0.2, -0.15) is 0 Å². The molecule has 0 aromatic carbocycles. The van der Waals surface area contributed by atoms with Crippen LogP contribution in [0, 0.1) is 6.92 Å². The van der Waals surface area contributed by atoms with Gasteiger partial charge in [-0.25, -0.2) is 0 Å². The standard InChI is InChI=1S/C11H18N2O/c1-4-5-6-12-10-7-9(2)13-8-11(10)14-3/h7-8H,4-6H2,1-3H3,(H,12,13). The van der Waals surface area contributed by atoms with E-state index in [1.54, 1.807) is 13.3 Å². The van der Waals surface area contributed by atoms with E-state index in [1.807, 2.05) is 13.0 Å². The van der Waals surface area contributed by atoms with Crippen molar-refractivity contribution in [3.05, 3.63) is 18.0 Å². The zero-order valence-corrected chi connectivity index (χ0v) is 9.13. The zero-order valence-electron chi connectivity index (χ0n) is 9.13. The molecule has 0 unspecified atom stereocenters. The lowest BCUT2D eigenvalue weighted by Crippen LogP contribution is -2.03. The third kappa shape index (κ3) is 2.91. The Hall–Kier alpha value is -1.25. The van der Waals surface area contributed by atoms with Crippen LogP contribution in [0.1, 0.15) is 25.5 Å². The van der Waals surface area contributed by atoms with E-state index < -0.39 is 0 Å². The molecule has 78 valence electrons. The highest BCUT2D eigenvalue weighted by Crippen LogP contribution is 2.23. The van der Waals surface area contributed by atoms with E-state index in [-0.39, 0.29) is 0 Å². The number of aromatic nitrogens is 1. The largest absolute Gasteiger partial charge is 0.493 e. The summed E-state index contributed by atoms with van der Waals surface area (Å²) in [5, 5.41) is 3.34. The first kappa shape index (κ1) is 10.8. The summed E-state index contributed by atoms with van der Waals surface area (Å²) in [4.78, 5) is 4.17. The fourth-order valence-electron chi connectivity index (χ4n) is 1.25. The molecule has 0 saturated heterocycles. The van der Waals surface area contributed by atoms with Gasteiger partial charge in [0.2, 0.25) is 0 Å². The molecule has 3 nitrogen and oxygen atoms in total. The third-order valence-corrected chi connectivity index (χ3v) is 2.07. The predicted octanol–water partition coefficient (Wildman–Crippen LogP) is 2.61. The SMILES string of the molecule is CCCCNc1cc(C)ncc1OC. The van der Waals surface area contributed by atoms with Crippen molar-refractivity contribution in [2.75, 3.05) is 19.0 Å². The Kier molecular flexibility index (Phi) is 4.23. The highest BCUT2D eigenvalue weighted by Gasteiger charge is 2.02. The summed E-state index contributed by atoms with van der Waals surface area (Å²) in [6, 6.07) is 2.01. The van der Waals surface area contributed by atoms with Crippen molar-refractivity contribution >= 4 is 5.69 Å². The van der Waals surface area contributed by atoms with Crippen molar-refractivity contribution in [1.29, 1.82) is 0 Å². The minimum Gasteiger partial charge on any atom is -0.493 e. The topological polar surface area (TPSA) is 34.2 Å². The van der Waals surface area contributed by atoms with Crippen molar-refractivity contribution < 1.29 is 4.74 Å². The smallest absolute Gasteiger partial charge is 0.160 e. The van der Waals surface area contributed by atoms with Crippen LogP contribution in [0.2, 0.25) is 0 Å². The lowest BCUT2D eigenvalue weighted by molar-refractivity contribution is 0.414. The van der Waals surface area contributed by atoms with Crippen molar-refractivity contribution in [2.24, 2.45) is 0 Å². The average molecular weight is 194 g/mol. The van der Waals surface area contributed by atoms with Gasteiger partial charge < -0.3 is 10.1 Å². The van der Waals surface area contributed by atoms with Crippen LogP contribution < -0.4 is 10.1 Å². The summed E-state index contributed by atoms with van der Waals surface area (Å²) in [6.45, 7) is 5.14. The van der Waals surface area contributed by atoms with E-state index in [0.717, 1.165) is 23.7 Å². The molecular formula is C11H18N2O. The Morgan fingerprint density at radius 1 is 1.50 bits per heavy atom. The van der Waals surface area contributed by atoms with Crippen LogP contribution in [0.25, 0.3) is 0 Å². The maximum Gasteiger partial charge on any atom is 0.160 e. The molecule has 1 N–H and O–H groups in total. The molecule has 14 heavy (non-hydrogen) atoms. The number of hydrogen-bond acceptors (Lipinski definition) is 3. The second kappa shape index (κ2) is 5.47. The van der Waals surface area contributed by atoms with Gasteiger partial charge in [0.1, 0.15) is 0 Å². The highest BCUT2D eigenvalue weighted by atomic mass is 16.5. The van der Waals surface area contributed by atoms with E-state index in [2.05, 4.69) is 17.2 Å². The molecule has 0 spiro atoms. The molecule has 0 fully saturated rings. The van der Waals surface area contributed by atoms with Crippen LogP contribution in [0.15, 0.2) is 12.3 Å². The molecule has 1 aromatic heterocycles. The number of nitrogens with zero attached hydrogens (tertiary/aromatic N) is 1. The number of unbranched alkanes of at least 4 members (excludes halogenated alkanes) is 1.